The Bertz CT molecular complexity index is 278. The van der Waals surface area contributed by atoms with Crippen LogP contribution in [0.4, 0.5) is 4.39 Å². The molecule has 1 atom stereocenters. The summed E-state index contributed by atoms with van der Waals surface area (Å²) >= 11 is 0. The normalized spacial score (nSPS) is 12.5. The second kappa shape index (κ2) is 5.57. The third kappa shape index (κ3) is 2.97. The molecule has 1 aromatic rings. The van der Waals surface area contributed by atoms with Crippen molar-refractivity contribution in [1.82, 2.24) is 0 Å². The van der Waals surface area contributed by atoms with Gasteiger partial charge in [0, 0.05) is 13.2 Å². The van der Waals surface area contributed by atoms with Crippen LogP contribution >= 0.6 is 0 Å². The van der Waals surface area contributed by atoms with Gasteiger partial charge in [-0.1, -0.05) is 12.1 Å². The molecule has 77 valence electrons. The molecule has 0 saturated carbocycles. The lowest BCUT2D eigenvalue weighted by Gasteiger charge is -2.16. The van der Waals surface area contributed by atoms with E-state index in [-0.39, 0.29) is 5.75 Å². The van der Waals surface area contributed by atoms with Crippen LogP contribution in [-0.2, 0) is 9.47 Å². The van der Waals surface area contributed by atoms with Gasteiger partial charge in [0.05, 0.1) is 6.61 Å². The largest absolute Gasteiger partial charge is 0.438 e. The summed E-state index contributed by atoms with van der Waals surface area (Å²) in [5, 5.41) is 0. The van der Waals surface area contributed by atoms with E-state index in [1.165, 1.54) is 19.2 Å². The Morgan fingerprint density at radius 1 is 1.57 bits per heavy atom. The van der Waals surface area contributed by atoms with Crippen molar-refractivity contribution in [2.75, 3.05) is 13.7 Å². The number of ether oxygens (including phenoxy) is 3. The summed E-state index contributed by atoms with van der Waals surface area (Å²) in [5.41, 5.74) is 0. The van der Waals surface area contributed by atoms with Crippen molar-refractivity contribution in [2.24, 2.45) is 0 Å². The highest BCUT2D eigenvalue weighted by molar-refractivity contribution is 5.22. The van der Waals surface area contributed by atoms with Gasteiger partial charge < -0.3 is 14.2 Å². The summed E-state index contributed by atoms with van der Waals surface area (Å²) in [5.74, 6) is -0.498. The molecule has 4 heteroatoms. The Balaban J connectivity index is 2.62. The average molecular weight is 199 g/mol. The fourth-order valence-electron chi connectivity index (χ4n) is 0.882. The fraction of sp³-hybridized carbons (Fsp3) is 0.400. The Kier molecular flexibility index (Phi) is 4.35. The number of rotatable bonds is 5. The maximum absolute atomic E-state index is 13.0. The van der Waals surface area contributed by atoms with Gasteiger partial charge in [-0.15, -0.1) is 0 Å². The highest BCUT2D eigenvalue weighted by Gasteiger charge is 2.10. The molecule has 0 N–H and O–H groups in total. The number of hydrogen-bond donors (Lipinski definition) is 0. The molecule has 0 bridgehead atoms. The van der Waals surface area contributed by atoms with Crippen LogP contribution in [0.3, 0.4) is 0 Å². The topological polar surface area (TPSA) is 27.7 Å². The second-order valence-corrected chi connectivity index (χ2v) is 2.45. The summed E-state index contributed by atoms with van der Waals surface area (Å²) in [7, 11) is 1.42. The van der Waals surface area contributed by atoms with Crippen LogP contribution in [0.15, 0.2) is 18.2 Å². The fourth-order valence-corrected chi connectivity index (χ4v) is 0.882. The monoisotopic (exact) mass is 199 g/mol. The molecule has 0 heterocycles. The van der Waals surface area contributed by atoms with E-state index < -0.39 is 12.3 Å². The molecule has 14 heavy (non-hydrogen) atoms. The van der Waals surface area contributed by atoms with E-state index >= 15 is 0 Å². The van der Waals surface area contributed by atoms with Crippen LogP contribution in [0, 0.1) is 11.9 Å². The van der Waals surface area contributed by atoms with Crippen molar-refractivity contribution >= 4 is 0 Å². The Labute approximate surface area is 82.4 Å². The van der Waals surface area contributed by atoms with Crippen molar-refractivity contribution in [3.63, 3.8) is 0 Å². The first-order valence-corrected chi connectivity index (χ1v) is 4.25. The molecule has 0 aliphatic carbocycles. The molecule has 1 rings (SSSR count). The molecule has 0 aliphatic heterocycles. The maximum atomic E-state index is 13.0. The lowest BCUT2D eigenvalue weighted by molar-refractivity contribution is -0.232. The lowest BCUT2D eigenvalue weighted by atomic mass is 10.3. The predicted octanol–water partition coefficient (Wildman–Crippen LogP) is 1.97. The van der Waals surface area contributed by atoms with Gasteiger partial charge in [0.2, 0.25) is 0 Å². The Morgan fingerprint density at radius 3 is 2.93 bits per heavy atom. The molecule has 1 aromatic carbocycles. The third-order valence-corrected chi connectivity index (χ3v) is 1.49. The molecule has 0 spiro atoms. The standard InChI is InChI=1S/C10H12FO3/c1-3-13-10(12-2)14-9-7-5-4-6-8(9)11/h4-5,7,10H,3H2,1-2H3. The van der Waals surface area contributed by atoms with Gasteiger partial charge in [-0.25, -0.2) is 4.39 Å². The molecule has 1 radical (unpaired) electrons. The van der Waals surface area contributed by atoms with Crippen LogP contribution in [0.1, 0.15) is 6.92 Å². The maximum Gasteiger partial charge on any atom is 0.315 e. The molecule has 0 saturated heterocycles. The van der Waals surface area contributed by atoms with Crippen molar-refractivity contribution in [2.45, 2.75) is 13.4 Å². The molecule has 0 fully saturated rings. The first-order chi connectivity index (χ1) is 6.77. The first kappa shape index (κ1) is 10.9. The number of hydrogen-bond acceptors (Lipinski definition) is 3. The summed E-state index contributed by atoms with van der Waals surface area (Å²) in [6.07, 6.45) is 0. The third-order valence-electron chi connectivity index (χ3n) is 1.49. The SMILES string of the molecule is CCOC(OC)Oc1ccc[c]c1F. The minimum atomic E-state index is -0.884. The molecule has 3 nitrogen and oxygen atoms in total. The highest BCUT2D eigenvalue weighted by Crippen LogP contribution is 2.16. The van der Waals surface area contributed by atoms with Crippen LogP contribution in [0.2, 0.25) is 0 Å². The van der Waals surface area contributed by atoms with Gasteiger partial charge in [0.1, 0.15) is 0 Å². The summed E-state index contributed by atoms with van der Waals surface area (Å²) in [6, 6.07) is 6.94. The minimum Gasteiger partial charge on any atom is -0.438 e. The van der Waals surface area contributed by atoms with E-state index in [0.717, 1.165) is 0 Å². The van der Waals surface area contributed by atoms with Gasteiger partial charge in [-0.3, -0.25) is 0 Å². The van der Waals surface area contributed by atoms with Crippen LogP contribution < -0.4 is 4.74 Å². The van der Waals surface area contributed by atoms with Gasteiger partial charge in [-0.2, -0.15) is 0 Å². The molecule has 1 unspecified atom stereocenters. The molecule has 0 amide bonds. The number of methoxy groups -OCH3 is 1. The zero-order valence-electron chi connectivity index (χ0n) is 8.12. The van der Waals surface area contributed by atoms with Gasteiger partial charge >= 0.3 is 6.48 Å². The Hall–Kier alpha value is -1.13. The van der Waals surface area contributed by atoms with Crippen molar-refractivity contribution < 1.29 is 18.6 Å². The average Bonchev–Trinajstić information content (AvgIpc) is 2.20. The van der Waals surface area contributed by atoms with Crippen LogP contribution in [-0.4, -0.2) is 20.2 Å². The highest BCUT2D eigenvalue weighted by atomic mass is 19.1. The van der Waals surface area contributed by atoms with E-state index in [2.05, 4.69) is 6.07 Å². The van der Waals surface area contributed by atoms with Crippen molar-refractivity contribution in [3.8, 4) is 5.75 Å². The summed E-state index contributed by atoms with van der Waals surface area (Å²) in [6.45, 7) is 1.34. The van der Waals surface area contributed by atoms with E-state index in [1.54, 1.807) is 13.0 Å². The van der Waals surface area contributed by atoms with Crippen molar-refractivity contribution in [3.05, 3.63) is 30.1 Å². The predicted molar refractivity (Wildman–Crippen MR) is 48.3 cm³/mol. The van der Waals surface area contributed by atoms with Gasteiger partial charge in [-0.05, 0) is 13.0 Å². The first-order valence-electron chi connectivity index (χ1n) is 4.25. The molecule has 0 aliphatic rings. The smallest absolute Gasteiger partial charge is 0.315 e. The molecule has 0 aromatic heterocycles. The summed E-state index contributed by atoms with van der Waals surface area (Å²) < 4.78 is 28.0. The zero-order valence-corrected chi connectivity index (χ0v) is 8.12. The van der Waals surface area contributed by atoms with Gasteiger partial charge in [0.25, 0.3) is 0 Å². The quantitative estimate of drug-likeness (QED) is 0.678. The number of halogens is 1. The zero-order chi connectivity index (χ0) is 10.4. The number of benzene rings is 1. The summed E-state index contributed by atoms with van der Waals surface area (Å²) in [4.78, 5) is 0. The van der Waals surface area contributed by atoms with E-state index in [0.29, 0.717) is 6.61 Å². The van der Waals surface area contributed by atoms with E-state index in [1.807, 2.05) is 0 Å². The van der Waals surface area contributed by atoms with Crippen LogP contribution in [0.5, 0.6) is 5.75 Å². The second-order valence-electron chi connectivity index (χ2n) is 2.45. The van der Waals surface area contributed by atoms with Gasteiger partial charge in [0.15, 0.2) is 11.6 Å². The van der Waals surface area contributed by atoms with E-state index in [4.69, 9.17) is 14.2 Å². The molecular weight excluding hydrogens is 187 g/mol. The van der Waals surface area contributed by atoms with Crippen LogP contribution in [0.25, 0.3) is 0 Å². The molecular formula is C10H12FO3. The minimum absolute atomic E-state index is 0.0628. The van der Waals surface area contributed by atoms with Crippen molar-refractivity contribution in [1.29, 1.82) is 0 Å². The Morgan fingerprint density at radius 2 is 2.36 bits per heavy atom. The lowest BCUT2D eigenvalue weighted by Crippen LogP contribution is -2.22. The van der Waals surface area contributed by atoms with E-state index in [9.17, 15) is 4.39 Å².